The van der Waals surface area contributed by atoms with Gasteiger partial charge in [0.2, 0.25) is 0 Å². The molecule has 0 spiro atoms. The minimum absolute atomic E-state index is 0.451. The van der Waals surface area contributed by atoms with E-state index in [0.717, 1.165) is 17.9 Å². The summed E-state index contributed by atoms with van der Waals surface area (Å²) in [5, 5.41) is 3.76. The minimum atomic E-state index is 0.451. The molecule has 0 aromatic heterocycles. The lowest BCUT2D eigenvalue weighted by Gasteiger charge is -2.59. The Morgan fingerprint density at radius 1 is 1.25 bits per heavy atom. The van der Waals surface area contributed by atoms with Gasteiger partial charge in [-0.1, -0.05) is 0 Å². The maximum Gasteiger partial charge on any atom is 0.0162 e. The van der Waals surface area contributed by atoms with Crippen molar-refractivity contribution in [3.63, 3.8) is 0 Å². The Kier molecular flexibility index (Phi) is 1.25. The first-order valence-electron chi connectivity index (χ1n) is 5.20. The van der Waals surface area contributed by atoms with Gasteiger partial charge in [-0.25, -0.2) is 0 Å². The van der Waals surface area contributed by atoms with Crippen molar-refractivity contribution in [1.29, 1.82) is 0 Å². The fraction of sp³-hybridized carbons (Fsp3) is 1.00. The van der Waals surface area contributed by atoms with E-state index in [-0.39, 0.29) is 0 Å². The summed E-state index contributed by atoms with van der Waals surface area (Å²) in [6.45, 7) is 2.38. The molecule has 2 heteroatoms. The van der Waals surface area contributed by atoms with Gasteiger partial charge >= 0.3 is 0 Å². The van der Waals surface area contributed by atoms with Crippen LogP contribution in [-0.2, 0) is 0 Å². The summed E-state index contributed by atoms with van der Waals surface area (Å²) in [7, 11) is 0. The highest BCUT2D eigenvalue weighted by molar-refractivity contribution is 5.10. The molecule has 2 saturated heterocycles. The van der Waals surface area contributed by atoms with E-state index >= 15 is 0 Å². The minimum Gasteiger partial charge on any atom is -0.327 e. The molecule has 0 aromatic carbocycles. The topological polar surface area (TPSA) is 38.0 Å². The monoisotopic (exact) mass is 166 g/mol. The first-order valence-corrected chi connectivity index (χ1v) is 5.20. The van der Waals surface area contributed by atoms with Crippen LogP contribution < -0.4 is 11.1 Å². The molecule has 3 N–H and O–H groups in total. The predicted octanol–water partition coefficient (Wildman–Crippen LogP) is 0.864. The first-order chi connectivity index (χ1) is 5.66. The summed E-state index contributed by atoms with van der Waals surface area (Å²) >= 11 is 0. The zero-order valence-corrected chi connectivity index (χ0v) is 7.72. The molecule has 0 radical (unpaired) electrons. The van der Waals surface area contributed by atoms with Crippen LogP contribution in [0.3, 0.4) is 0 Å². The number of rotatable bonds is 0. The number of nitrogens with two attached hydrogens (primary N) is 1. The van der Waals surface area contributed by atoms with Crippen molar-refractivity contribution in [2.45, 2.75) is 50.2 Å². The van der Waals surface area contributed by atoms with Crippen molar-refractivity contribution in [3.8, 4) is 0 Å². The summed E-state index contributed by atoms with van der Waals surface area (Å²) in [6, 6.07) is 1.32. The second-order valence-electron chi connectivity index (χ2n) is 5.38. The van der Waals surface area contributed by atoms with Crippen LogP contribution in [0.25, 0.3) is 0 Å². The molecule has 4 bridgehead atoms. The number of piperidine rings is 2. The average Bonchev–Trinajstić information content (AvgIpc) is 1.96. The normalized spacial score (nSPS) is 62.5. The zero-order chi connectivity index (χ0) is 8.34. The summed E-state index contributed by atoms with van der Waals surface area (Å²) < 4.78 is 0. The Bertz CT molecular complexity index is 198. The van der Waals surface area contributed by atoms with Gasteiger partial charge in [0, 0.05) is 17.6 Å². The molecule has 0 aromatic rings. The van der Waals surface area contributed by atoms with E-state index in [0.29, 0.717) is 11.6 Å². The standard InChI is InChI=1S/C10H18N2/c1-10-4-6-2-8(12-10)3-7(5-10)9(6)11/h6-9,12H,2-5,11H2,1H3/t6-,7+,8?,9?,10?. The lowest BCUT2D eigenvalue weighted by atomic mass is 9.57. The van der Waals surface area contributed by atoms with Crippen LogP contribution in [0, 0.1) is 11.8 Å². The number of hydrogen-bond acceptors (Lipinski definition) is 2. The average molecular weight is 166 g/mol. The SMILES string of the molecule is CC12C[C@H]3CC(C[C@@H](C1)C3N)N2. The third-order valence-corrected chi connectivity index (χ3v) is 4.24. The van der Waals surface area contributed by atoms with Gasteiger partial charge in [-0.15, -0.1) is 0 Å². The van der Waals surface area contributed by atoms with Crippen LogP contribution in [0.1, 0.15) is 32.6 Å². The summed E-state index contributed by atoms with van der Waals surface area (Å²) in [6.07, 6.45) is 5.32. The molecule has 4 rings (SSSR count). The van der Waals surface area contributed by atoms with Gasteiger partial charge in [0.05, 0.1) is 0 Å². The van der Waals surface area contributed by atoms with E-state index in [1.165, 1.54) is 25.7 Å². The van der Waals surface area contributed by atoms with Gasteiger partial charge in [-0.05, 0) is 44.4 Å². The van der Waals surface area contributed by atoms with Gasteiger partial charge < -0.3 is 11.1 Å². The van der Waals surface area contributed by atoms with Crippen molar-refractivity contribution in [2.75, 3.05) is 0 Å². The van der Waals surface area contributed by atoms with Crippen LogP contribution in [-0.4, -0.2) is 17.6 Å². The molecule has 2 saturated carbocycles. The first kappa shape index (κ1) is 7.34. The molecule has 2 aliphatic heterocycles. The quantitative estimate of drug-likeness (QED) is 0.560. The van der Waals surface area contributed by atoms with Crippen molar-refractivity contribution < 1.29 is 0 Å². The summed E-state index contributed by atoms with van der Waals surface area (Å²) in [4.78, 5) is 0. The predicted molar refractivity (Wildman–Crippen MR) is 48.8 cm³/mol. The van der Waals surface area contributed by atoms with Crippen molar-refractivity contribution in [2.24, 2.45) is 17.6 Å². The number of nitrogens with one attached hydrogen (secondary N) is 1. The van der Waals surface area contributed by atoms with E-state index in [4.69, 9.17) is 5.73 Å². The fourth-order valence-electron chi connectivity index (χ4n) is 3.93. The number of hydrogen-bond donors (Lipinski definition) is 2. The lowest BCUT2D eigenvalue weighted by molar-refractivity contribution is -0.00993. The highest BCUT2D eigenvalue weighted by Gasteiger charge is 2.51. The van der Waals surface area contributed by atoms with Gasteiger partial charge in [-0.2, -0.15) is 0 Å². The molecule has 0 amide bonds. The molecule has 4 aliphatic rings. The molecule has 2 nitrogen and oxygen atoms in total. The molecule has 2 aliphatic carbocycles. The van der Waals surface area contributed by atoms with Crippen LogP contribution in [0.15, 0.2) is 0 Å². The van der Waals surface area contributed by atoms with Crippen LogP contribution in [0.5, 0.6) is 0 Å². The van der Waals surface area contributed by atoms with Crippen LogP contribution in [0.4, 0.5) is 0 Å². The summed E-state index contributed by atoms with van der Waals surface area (Å²) in [5.74, 6) is 1.66. The molecule has 5 atom stereocenters. The van der Waals surface area contributed by atoms with Crippen molar-refractivity contribution in [3.05, 3.63) is 0 Å². The summed E-state index contributed by atoms with van der Waals surface area (Å²) in [5.41, 5.74) is 6.65. The highest BCUT2D eigenvalue weighted by atomic mass is 15.1. The largest absolute Gasteiger partial charge is 0.327 e. The van der Waals surface area contributed by atoms with Gasteiger partial charge in [0.15, 0.2) is 0 Å². The second-order valence-corrected chi connectivity index (χ2v) is 5.38. The van der Waals surface area contributed by atoms with E-state index < -0.39 is 0 Å². The van der Waals surface area contributed by atoms with Gasteiger partial charge in [-0.3, -0.25) is 0 Å². The van der Waals surface area contributed by atoms with E-state index in [2.05, 4.69) is 12.2 Å². The third-order valence-electron chi connectivity index (χ3n) is 4.24. The molecular weight excluding hydrogens is 148 g/mol. The molecular formula is C10H18N2. The van der Waals surface area contributed by atoms with Crippen molar-refractivity contribution >= 4 is 0 Å². The van der Waals surface area contributed by atoms with E-state index in [9.17, 15) is 0 Å². The molecule has 2 heterocycles. The molecule has 4 fully saturated rings. The van der Waals surface area contributed by atoms with E-state index in [1.54, 1.807) is 0 Å². The van der Waals surface area contributed by atoms with E-state index in [1.807, 2.05) is 0 Å². The Morgan fingerprint density at radius 2 is 1.83 bits per heavy atom. The Morgan fingerprint density at radius 3 is 2.33 bits per heavy atom. The Hall–Kier alpha value is -0.0800. The van der Waals surface area contributed by atoms with Crippen LogP contribution >= 0.6 is 0 Å². The smallest absolute Gasteiger partial charge is 0.0162 e. The Balaban J connectivity index is 1.95. The maximum atomic E-state index is 6.20. The highest BCUT2D eigenvalue weighted by Crippen LogP contribution is 2.48. The Labute approximate surface area is 73.9 Å². The molecule has 3 unspecified atom stereocenters. The second kappa shape index (κ2) is 2.05. The van der Waals surface area contributed by atoms with Gasteiger partial charge in [0.1, 0.15) is 0 Å². The van der Waals surface area contributed by atoms with Crippen molar-refractivity contribution in [1.82, 2.24) is 5.32 Å². The maximum absolute atomic E-state index is 6.20. The van der Waals surface area contributed by atoms with Crippen LogP contribution in [0.2, 0.25) is 0 Å². The fourth-order valence-corrected chi connectivity index (χ4v) is 3.93. The molecule has 68 valence electrons. The lowest BCUT2D eigenvalue weighted by Crippen LogP contribution is -2.68. The van der Waals surface area contributed by atoms with Gasteiger partial charge in [0.25, 0.3) is 0 Å². The zero-order valence-electron chi connectivity index (χ0n) is 7.72. The molecule has 12 heavy (non-hydrogen) atoms. The third kappa shape index (κ3) is 0.826.